The van der Waals surface area contributed by atoms with E-state index in [0.29, 0.717) is 5.69 Å². The van der Waals surface area contributed by atoms with Crippen molar-refractivity contribution in [1.29, 1.82) is 0 Å². The summed E-state index contributed by atoms with van der Waals surface area (Å²) < 4.78 is 9.31. The van der Waals surface area contributed by atoms with Crippen LogP contribution in [0, 0.1) is 0 Å². The molecule has 0 saturated carbocycles. The first-order valence-electron chi connectivity index (χ1n) is 4.89. The highest BCUT2D eigenvalue weighted by Crippen LogP contribution is 1.92. The lowest BCUT2D eigenvalue weighted by Crippen LogP contribution is -2.37. The van der Waals surface area contributed by atoms with Gasteiger partial charge in [0.25, 0.3) is 0 Å². The van der Waals surface area contributed by atoms with Gasteiger partial charge in [0.2, 0.25) is 0 Å². The van der Waals surface area contributed by atoms with Gasteiger partial charge >= 0.3 is 12.0 Å². The van der Waals surface area contributed by atoms with Crippen molar-refractivity contribution in [2.75, 3.05) is 19.8 Å². The molecule has 0 spiro atoms. The van der Waals surface area contributed by atoms with Crippen molar-refractivity contribution in [1.82, 2.24) is 15.8 Å². The van der Waals surface area contributed by atoms with Gasteiger partial charge in [0.15, 0.2) is 0 Å². The van der Waals surface area contributed by atoms with Gasteiger partial charge in [-0.25, -0.2) is 9.59 Å². The number of nitrogens with one attached hydrogen (secondary N) is 2. The van der Waals surface area contributed by atoms with Crippen LogP contribution in [0.15, 0.2) is 16.9 Å². The van der Waals surface area contributed by atoms with E-state index in [1.807, 2.05) is 0 Å². The number of nitrogens with zero attached hydrogens (tertiary/aromatic N) is 1. The number of amides is 2. The zero-order chi connectivity index (χ0) is 12.5. The maximum absolute atomic E-state index is 11.2. The van der Waals surface area contributed by atoms with Gasteiger partial charge in [-0.15, -0.1) is 0 Å². The first kappa shape index (κ1) is 13.0. The summed E-state index contributed by atoms with van der Waals surface area (Å²) in [6.45, 7) is 0.266. The zero-order valence-corrected chi connectivity index (χ0v) is 9.01. The van der Waals surface area contributed by atoms with Crippen LogP contribution in [0.5, 0.6) is 0 Å². The minimum absolute atomic E-state index is 0.143. The summed E-state index contributed by atoms with van der Waals surface area (Å²) in [5.74, 6) is -1.04. The number of carbonyl (C=O) groups excluding carboxylic acids is 1. The molecule has 1 aromatic heterocycles. The molecule has 0 fully saturated rings. The summed E-state index contributed by atoms with van der Waals surface area (Å²) in [5, 5.41) is 16.9. The van der Waals surface area contributed by atoms with E-state index in [-0.39, 0.29) is 32.3 Å². The molecule has 8 nitrogen and oxygen atoms in total. The average Bonchev–Trinajstić information content (AvgIpc) is 2.78. The van der Waals surface area contributed by atoms with Crippen molar-refractivity contribution in [2.24, 2.45) is 0 Å². The first-order chi connectivity index (χ1) is 8.18. The molecule has 0 aliphatic heterocycles. The number of rotatable bonds is 7. The molecule has 0 aromatic carbocycles. The SMILES string of the molecule is O=C(O)COCCNC(=O)NCc1ccon1. The number of ether oxygens (including phenoxy) is 1. The van der Waals surface area contributed by atoms with E-state index >= 15 is 0 Å². The summed E-state index contributed by atoms with van der Waals surface area (Å²) in [6.07, 6.45) is 1.41. The smallest absolute Gasteiger partial charge is 0.329 e. The second-order valence-corrected chi connectivity index (χ2v) is 3.05. The highest BCUT2D eigenvalue weighted by atomic mass is 16.5. The lowest BCUT2D eigenvalue weighted by atomic mass is 10.4. The van der Waals surface area contributed by atoms with E-state index in [4.69, 9.17) is 9.84 Å². The molecule has 94 valence electrons. The van der Waals surface area contributed by atoms with Crippen LogP contribution in [0.3, 0.4) is 0 Å². The van der Waals surface area contributed by atoms with E-state index in [2.05, 4.69) is 20.3 Å². The fourth-order valence-electron chi connectivity index (χ4n) is 0.958. The molecule has 1 heterocycles. The Labute approximate surface area is 96.9 Å². The first-order valence-corrected chi connectivity index (χ1v) is 4.89. The Hall–Kier alpha value is -2.09. The largest absolute Gasteiger partial charge is 0.480 e. The molecule has 1 rings (SSSR count). The summed E-state index contributed by atoms with van der Waals surface area (Å²) in [4.78, 5) is 21.3. The van der Waals surface area contributed by atoms with Gasteiger partial charge in [0, 0.05) is 12.6 Å². The molecule has 3 N–H and O–H groups in total. The quantitative estimate of drug-likeness (QED) is 0.560. The molecule has 0 atom stereocenters. The van der Waals surface area contributed by atoms with Crippen LogP contribution in [0.2, 0.25) is 0 Å². The van der Waals surface area contributed by atoms with Crippen LogP contribution in [0.25, 0.3) is 0 Å². The van der Waals surface area contributed by atoms with Gasteiger partial charge in [-0.1, -0.05) is 5.16 Å². The minimum Gasteiger partial charge on any atom is -0.480 e. The lowest BCUT2D eigenvalue weighted by Gasteiger charge is -2.05. The molecule has 8 heteroatoms. The van der Waals surface area contributed by atoms with Gasteiger partial charge < -0.3 is 25.0 Å². The lowest BCUT2D eigenvalue weighted by molar-refractivity contribution is -0.142. The van der Waals surface area contributed by atoms with Crippen molar-refractivity contribution >= 4 is 12.0 Å². The summed E-state index contributed by atoms with van der Waals surface area (Å²) in [6, 6.07) is 1.25. The third-order valence-electron chi connectivity index (χ3n) is 1.68. The second kappa shape index (κ2) is 7.23. The monoisotopic (exact) mass is 243 g/mol. The van der Waals surface area contributed by atoms with Gasteiger partial charge in [0.1, 0.15) is 18.6 Å². The fraction of sp³-hybridized carbons (Fsp3) is 0.444. The Morgan fingerprint density at radius 2 is 2.29 bits per heavy atom. The van der Waals surface area contributed by atoms with Crippen molar-refractivity contribution in [3.05, 3.63) is 18.0 Å². The number of hydrogen-bond donors (Lipinski definition) is 3. The van der Waals surface area contributed by atoms with Crippen molar-refractivity contribution in [2.45, 2.75) is 6.54 Å². The number of aromatic nitrogens is 1. The number of urea groups is 1. The average molecular weight is 243 g/mol. The Balaban J connectivity index is 2.00. The molecule has 0 aliphatic rings. The highest BCUT2D eigenvalue weighted by molar-refractivity contribution is 5.73. The minimum atomic E-state index is -1.04. The van der Waals surface area contributed by atoms with Crippen LogP contribution in [0.1, 0.15) is 5.69 Å². The van der Waals surface area contributed by atoms with Crippen LogP contribution in [-0.4, -0.2) is 42.0 Å². The Kier molecular flexibility index (Phi) is 5.52. The standard InChI is InChI=1S/C9H13N3O5/c13-8(14)6-16-4-2-10-9(15)11-5-7-1-3-17-12-7/h1,3H,2,4-6H2,(H,13,14)(H2,10,11,15). The van der Waals surface area contributed by atoms with E-state index in [9.17, 15) is 9.59 Å². The summed E-state index contributed by atoms with van der Waals surface area (Å²) in [7, 11) is 0. The normalized spacial score (nSPS) is 9.88. The van der Waals surface area contributed by atoms with E-state index in [1.165, 1.54) is 6.26 Å². The maximum Gasteiger partial charge on any atom is 0.329 e. The molecule has 0 bridgehead atoms. The van der Waals surface area contributed by atoms with Gasteiger partial charge in [-0.3, -0.25) is 0 Å². The molecular formula is C9H13N3O5. The van der Waals surface area contributed by atoms with E-state index < -0.39 is 5.97 Å². The summed E-state index contributed by atoms with van der Waals surface area (Å²) in [5.41, 5.74) is 0.613. The van der Waals surface area contributed by atoms with Crippen molar-refractivity contribution in [3.63, 3.8) is 0 Å². The molecule has 17 heavy (non-hydrogen) atoms. The van der Waals surface area contributed by atoms with Crippen LogP contribution in [-0.2, 0) is 16.1 Å². The van der Waals surface area contributed by atoms with Crippen LogP contribution >= 0.6 is 0 Å². The molecule has 1 aromatic rings. The Morgan fingerprint density at radius 1 is 1.47 bits per heavy atom. The maximum atomic E-state index is 11.2. The molecular weight excluding hydrogens is 230 g/mol. The number of carbonyl (C=O) groups is 2. The number of hydrogen-bond acceptors (Lipinski definition) is 5. The van der Waals surface area contributed by atoms with E-state index in [1.54, 1.807) is 6.07 Å². The number of carboxylic acids is 1. The highest BCUT2D eigenvalue weighted by Gasteiger charge is 2.02. The van der Waals surface area contributed by atoms with Gasteiger partial charge in [0.05, 0.1) is 13.2 Å². The fourth-order valence-corrected chi connectivity index (χ4v) is 0.958. The Morgan fingerprint density at radius 3 is 2.94 bits per heavy atom. The predicted octanol–water partition coefficient (Wildman–Crippen LogP) is -0.425. The van der Waals surface area contributed by atoms with Crippen LogP contribution in [0.4, 0.5) is 4.79 Å². The Bertz CT molecular complexity index is 352. The molecule has 2 amide bonds. The van der Waals surface area contributed by atoms with E-state index in [0.717, 1.165) is 0 Å². The van der Waals surface area contributed by atoms with Crippen LogP contribution < -0.4 is 10.6 Å². The van der Waals surface area contributed by atoms with Gasteiger partial charge in [-0.05, 0) is 0 Å². The topological polar surface area (TPSA) is 114 Å². The summed E-state index contributed by atoms with van der Waals surface area (Å²) >= 11 is 0. The molecule has 0 unspecified atom stereocenters. The molecule has 0 radical (unpaired) electrons. The number of carboxylic acid groups (broad SMARTS) is 1. The third-order valence-corrected chi connectivity index (χ3v) is 1.68. The second-order valence-electron chi connectivity index (χ2n) is 3.05. The van der Waals surface area contributed by atoms with Crippen molar-refractivity contribution in [3.8, 4) is 0 Å². The zero-order valence-electron chi connectivity index (χ0n) is 9.01. The molecule has 0 saturated heterocycles. The molecule has 0 aliphatic carbocycles. The number of aliphatic carboxylic acids is 1. The van der Waals surface area contributed by atoms with Crippen molar-refractivity contribution < 1.29 is 24.0 Å². The van der Waals surface area contributed by atoms with Gasteiger partial charge in [-0.2, -0.15) is 0 Å². The third kappa shape index (κ3) is 6.15. The predicted molar refractivity (Wildman–Crippen MR) is 55.2 cm³/mol.